The van der Waals surface area contributed by atoms with Gasteiger partial charge < -0.3 is 4.90 Å². The largest absolute Gasteiger partial charge is 0.369 e. The summed E-state index contributed by atoms with van der Waals surface area (Å²) in [7, 11) is -6.24. The van der Waals surface area contributed by atoms with Crippen molar-refractivity contribution in [1.29, 1.82) is 0 Å². The van der Waals surface area contributed by atoms with Crippen LogP contribution in [0.15, 0.2) is 30.3 Å². The van der Waals surface area contributed by atoms with Gasteiger partial charge in [0.1, 0.15) is 0 Å². The molecular formula is C16H24N2O4S2. The van der Waals surface area contributed by atoms with Gasteiger partial charge in [0.15, 0.2) is 9.84 Å². The van der Waals surface area contributed by atoms with E-state index >= 15 is 0 Å². The van der Waals surface area contributed by atoms with Crippen LogP contribution in [0.25, 0.3) is 0 Å². The summed E-state index contributed by atoms with van der Waals surface area (Å²) in [6, 6.07) is 9.99. The van der Waals surface area contributed by atoms with Crippen LogP contribution in [0.5, 0.6) is 0 Å². The molecule has 1 aromatic rings. The van der Waals surface area contributed by atoms with Crippen molar-refractivity contribution in [3.8, 4) is 0 Å². The van der Waals surface area contributed by atoms with Gasteiger partial charge in [-0.2, -0.15) is 4.31 Å². The molecule has 0 N–H and O–H groups in total. The Labute approximate surface area is 144 Å². The third-order valence-electron chi connectivity index (χ3n) is 4.86. The van der Waals surface area contributed by atoms with Crippen molar-refractivity contribution >= 4 is 25.5 Å². The van der Waals surface area contributed by atoms with Crippen LogP contribution in [0.2, 0.25) is 0 Å². The van der Waals surface area contributed by atoms with Crippen LogP contribution in [0.3, 0.4) is 0 Å². The molecule has 0 saturated carbocycles. The van der Waals surface area contributed by atoms with Crippen molar-refractivity contribution in [3.05, 3.63) is 30.3 Å². The third kappa shape index (κ3) is 4.29. The summed E-state index contributed by atoms with van der Waals surface area (Å²) in [4.78, 5) is 2.19. The monoisotopic (exact) mass is 372 g/mol. The van der Waals surface area contributed by atoms with Gasteiger partial charge in [0.25, 0.3) is 0 Å². The fourth-order valence-corrected chi connectivity index (χ4v) is 6.93. The van der Waals surface area contributed by atoms with Crippen molar-refractivity contribution in [2.75, 3.05) is 48.3 Å². The first kappa shape index (κ1) is 17.7. The van der Waals surface area contributed by atoms with Crippen molar-refractivity contribution in [3.63, 3.8) is 0 Å². The average molecular weight is 373 g/mol. The summed E-state index contributed by atoms with van der Waals surface area (Å²) in [6.45, 7) is 2.34. The quantitative estimate of drug-likeness (QED) is 0.770. The second-order valence-corrected chi connectivity index (χ2v) is 10.9. The van der Waals surface area contributed by atoms with Crippen LogP contribution in [-0.2, 0) is 19.9 Å². The van der Waals surface area contributed by atoms with Gasteiger partial charge in [-0.1, -0.05) is 18.2 Å². The Morgan fingerprint density at radius 2 is 1.71 bits per heavy atom. The Hall–Kier alpha value is -1.12. The Balaban J connectivity index is 1.51. The zero-order valence-electron chi connectivity index (χ0n) is 13.7. The second kappa shape index (κ2) is 7.01. The number of sulfonamides is 1. The topological polar surface area (TPSA) is 74.8 Å². The van der Waals surface area contributed by atoms with E-state index in [9.17, 15) is 16.8 Å². The first-order valence-corrected chi connectivity index (χ1v) is 11.8. The first-order chi connectivity index (χ1) is 11.4. The van der Waals surface area contributed by atoms with Gasteiger partial charge in [0.05, 0.1) is 17.3 Å². The minimum absolute atomic E-state index is 0.00428. The van der Waals surface area contributed by atoms with E-state index in [0.29, 0.717) is 39.0 Å². The number of benzene rings is 1. The van der Waals surface area contributed by atoms with E-state index < -0.39 is 19.9 Å². The molecule has 8 heteroatoms. The molecule has 2 fully saturated rings. The second-order valence-electron chi connectivity index (χ2n) is 6.60. The molecule has 2 saturated heterocycles. The number of hydrogen-bond acceptors (Lipinski definition) is 5. The molecule has 2 heterocycles. The van der Waals surface area contributed by atoms with Gasteiger partial charge in [0.2, 0.25) is 10.0 Å². The van der Waals surface area contributed by atoms with Gasteiger partial charge in [-0.25, -0.2) is 16.8 Å². The van der Waals surface area contributed by atoms with Gasteiger partial charge in [-0.15, -0.1) is 0 Å². The van der Waals surface area contributed by atoms with Crippen molar-refractivity contribution in [2.45, 2.75) is 12.8 Å². The molecule has 2 aliphatic heterocycles. The molecular weight excluding hydrogens is 348 g/mol. The number of anilines is 1. The lowest BCUT2D eigenvalue weighted by molar-refractivity contribution is 0.382. The summed E-state index contributed by atoms with van der Waals surface area (Å²) in [6.07, 6.45) is 1.04. The third-order valence-corrected chi connectivity index (χ3v) is 8.60. The van der Waals surface area contributed by atoms with Crippen molar-refractivity contribution in [2.24, 2.45) is 5.92 Å². The highest BCUT2D eigenvalue weighted by molar-refractivity contribution is 7.91. The fraction of sp³-hybridized carbons (Fsp3) is 0.625. The lowest BCUT2D eigenvalue weighted by Gasteiger charge is -2.35. The highest BCUT2D eigenvalue weighted by Gasteiger charge is 2.31. The minimum atomic E-state index is -3.30. The molecule has 0 spiro atoms. The zero-order valence-corrected chi connectivity index (χ0v) is 15.3. The van der Waals surface area contributed by atoms with E-state index in [1.807, 2.05) is 30.3 Å². The number of nitrogens with zero attached hydrogens (tertiary/aromatic N) is 2. The number of piperazine rings is 1. The number of para-hydroxylation sites is 1. The lowest BCUT2D eigenvalue weighted by Crippen LogP contribution is -2.49. The van der Waals surface area contributed by atoms with Crippen LogP contribution in [-0.4, -0.2) is 64.6 Å². The van der Waals surface area contributed by atoms with Crippen molar-refractivity contribution in [1.82, 2.24) is 4.31 Å². The molecule has 1 unspecified atom stereocenters. The number of sulfone groups is 1. The summed E-state index contributed by atoms with van der Waals surface area (Å²) >= 11 is 0. The molecule has 24 heavy (non-hydrogen) atoms. The van der Waals surface area contributed by atoms with Crippen molar-refractivity contribution < 1.29 is 16.8 Å². The predicted molar refractivity (Wildman–Crippen MR) is 95.4 cm³/mol. The van der Waals surface area contributed by atoms with Crippen LogP contribution in [0.1, 0.15) is 12.8 Å². The highest BCUT2D eigenvalue weighted by atomic mass is 32.2. The van der Waals surface area contributed by atoms with Crippen LogP contribution in [0, 0.1) is 5.92 Å². The molecule has 0 amide bonds. The Bertz CT molecular complexity index is 755. The predicted octanol–water partition coefficient (Wildman–Crippen LogP) is 0.963. The Kier molecular flexibility index (Phi) is 5.17. The first-order valence-electron chi connectivity index (χ1n) is 8.34. The Morgan fingerprint density at radius 1 is 1.04 bits per heavy atom. The molecule has 0 aromatic heterocycles. The van der Waals surface area contributed by atoms with E-state index in [4.69, 9.17) is 0 Å². The summed E-state index contributed by atoms with van der Waals surface area (Å²) in [5.41, 5.74) is 1.12. The molecule has 0 bridgehead atoms. The summed E-state index contributed by atoms with van der Waals surface area (Å²) < 4.78 is 49.5. The molecule has 1 aromatic carbocycles. The maximum atomic E-state index is 12.5. The van der Waals surface area contributed by atoms with Gasteiger partial charge >= 0.3 is 0 Å². The molecule has 134 valence electrons. The molecule has 1 atom stereocenters. The smallest absolute Gasteiger partial charge is 0.214 e. The molecule has 0 radical (unpaired) electrons. The zero-order chi connectivity index (χ0) is 17.2. The van der Waals surface area contributed by atoms with Gasteiger partial charge in [-0.05, 0) is 30.9 Å². The normalized spacial score (nSPS) is 25.0. The van der Waals surface area contributed by atoms with E-state index in [1.54, 1.807) is 4.31 Å². The van der Waals surface area contributed by atoms with Crippen LogP contribution < -0.4 is 4.90 Å². The molecule has 0 aliphatic carbocycles. The summed E-state index contributed by atoms with van der Waals surface area (Å²) in [5, 5.41) is 0. The van der Waals surface area contributed by atoms with Crippen LogP contribution in [0.4, 0.5) is 5.69 Å². The van der Waals surface area contributed by atoms with Crippen LogP contribution >= 0.6 is 0 Å². The maximum Gasteiger partial charge on any atom is 0.214 e. The number of hydrogen-bond donors (Lipinski definition) is 0. The Morgan fingerprint density at radius 3 is 2.29 bits per heavy atom. The number of rotatable bonds is 5. The van der Waals surface area contributed by atoms with E-state index in [-0.39, 0.29) is 23.2 Å². The SMILES string of the molecule is O=S1(=O)CCC(CCS(=O)(=O)N2CCN(c3ccccc3)CC2)C1. The fourth-order valence-electron chi connectivity index (χ4n) is 3.41. The summed E-state index contributed by atoms with van der Waals surface area (Å²) in [5.74, 6) is 0.395. The average Bonchev–Trinajstić information content (AvgIpc) is 2.93. The molecule has 6 nitrogen and oxygen atoms in total. The van der Waals surface area contributed by atoms with Gasteiger partial charge in [-0.3, -0.25) is 0 Å². The molecule has 2 aliphatic rings. The van der Waals surface area contributed by atoms with E-state index in [2.05, 4.69) is 4.90 Å². The van der Waals surface area contributed by atoms with E-state index in [1.165, 1.54) is 0 Å². The standard InChI is InChI=1S/C16H24N2O4S2/c19-23(20)12-6-15(14-23)7-13-24(21,22)18-10-8-17(9-11-18)16-4-2-1-3-5-16/h1-5,15H,6-14H2. The minimum Gasteiger partial charge on any atom is -0.369 e. The molecule has 3 rings (SSSR count). The maximum absolute atomic E-state index is 12.5. The van der Waals surface area contributed by atoms with E-state index in [0.717, 1.165) is 5.69 Å². The highest BCUT2D eigenvalue weighted by Crippen LogP contribution is 2.23. The lowest BCUT2D eigenvalue weighted by atomic mass is 10.1. The van der Waals surface area contributed by atoms with Gasteiger partial charge in [0, 0.05) is 31.9 Å².